The van der Waals surface area contributed by atoms with E-state index in [0.29, 0.717) is 0 Å². The molecule has 0 atom stereocenters. The molecule has 0 unspecified atom stereocenters. The first-order valence-electron chi connectivity index (χ1n) is 4.18. The van der Waals surface area contributed by atoms with Crippen molar-refractivity contribution in [2.45, 2.75) is 12.8 Å². The topological polar surface area (TPSA) is 12.9 Å². The molecule has 1 aromatic heterocycles. The van der Waals surface area contributed by atoms with Gasteiger partial charge in [-0.25, -0.2) is 0 Å². The molecule has 0 aromatic carbocycles. The molecule has 0 aliphatic heterocycles. The van der Waals surface area contributed by atoms with Crippen LogP contribution in [0.1, 0.15) is 17.7 Å². The smallest absolute Gasteiger partial charge is 0.0484 e. The number of allylic oxidation sites excluding steroid dienone is 3. The number of hydrogen-bond acceptors (Lipinski definition) is 1. The fraction of sp³-hybridized carbons (Fsp3) is 0.182. The zero-order valence-electron chi connectivity index (χ0n) is 6.96. The molecule has 1 nitrogen and oxygen atoms in total. The Bertz CT molecular complexity index is 337. The Kier molecular flexibility index (Phi) is 1.78. The normalized spacial score (nSPS) is 14.8. The third kappa shape index (κ3) is 1.07. The van der Waals surface area contributed by atoms with Gasteiger partial charge in [-0.2, -0.15) is 0 Å². The summed E-state index contributed by atoms with van der Waals surface area (Å²) in [7, 11) is 0. The van der Waals surface area contributed by atoms with Crippen molar-refractivity contribution in [3.05, 3.63) is 48.3 Å². The maximum absolute atomic E-state index is 4.33. The van der Waals surface area contributed by atoms with E-state index in [-0.39, 0.29) is 0 Å². The number of pyridine rings is 1. The molecule has 0 bridgehead atoms. The number of nitrogens with zero attached hydrogens (tertiary/aromatic N) is 1. The molecule has 1 aliphatic carbocycles. The van der Waals surface area contributed by atoms with Crippen LogP contribution in [0.3, 0.4) is 0 Å². The second kappa shape index (κ2) is 2.94. The van der Waals surface area contributed by atoms with Crippen LogP contribution in [0.2, 0.25) is 0 Å². The SMILES string of the molecule is C=CC1=CCCc2ncccc21. The van der Waals surface area contributed by atoms with E-state index in [4.69, 9.17) is 0 Å². The molecule has 2 rings (SSSR count). The molecule has 1 aromatic rings. The molecule has 12 heavy (non-hydrogen) atoms. The van der Waals surface area contributed by atoms with E-state index in [1.165, 1.54) is 16.8 Å². The minimum Gasteiger partial charge on any atom is -0.261 e. The van der Waals surface area contributed by atoms with Gasteiger partial charge in [0.15, 0.2) is 0 Å². The van der Waals surface area contributed by atoms with Crippen molar-refractivity contribution in [1.29, 1.82) is 0 Å². The van der Waals surface area contributed by atoms with E-state index in [1.807, 2.05) is 18.3 Å². The number of rotatable bonds is 1. The predicted octanol–water partition coefficient (Wildman–Crippen LogP) is 2.60. The Hall–Kier alpha value is -1.37. The van der Waals surface area contributed by atoms with Gasteiger partial charge in [0, 0.05) is 17.5 Å². The molecular weight excluding hydrogens is 146 g/mol. The van der Waals surface area contributed by atoms with Crippen LogP contribution < -0.4 is 0 Å². The van der Waals surface area contributed by atoms with E-state index in [1.54, 1.807) is 0 Å². The van der Waals surface area contributed by atoms with Crippen molar-refractivity contribution < 1.29 is 0 Å². The van der Waals surface area contributed by atoms with E-state index >= 15 is 0 Å². The maximum Gasteiger partial charge on any atom is 0.0484 e. The van der Waals surface area contributed by atoms with Crippen molar-refractivity contribution in [1.82, 2.24) is 4.98 Å². The lowest BCUT2D eigenvalue weighted by atomic mass is 9.95. The van der Waals surface area contributed by atoms with Crippen LogP contribution in [-0.4, -0.2) is 4.98 Å². The summed E-state index contributed by atoms with van der Waals surface area (Å²) in [5.74, 6) is 0. The Morgan fingerprint density at radius 2 is 2.42 bits per heavy atom. The molecule has 1 aliphatic rings. The molecular formula is C11H11N. The van der Waals surface area contributed by atoms with Gasteiger partial charge in [0.2, 0.25) is 0 Å². The Balaban J connectivity index is 2.55. The lowest BCUT2D eigenvalue weighted by Crippen LogP contribution is -2.00. The Morgan fingerprint density at radius 1 is 1.50 bits per heavy atom. The van der Waals surface area contributed by atoms with Gasteiger partial charge in [0.1, 0.15) is 0 Å². The molecule has 0 radical (unpaired) electrons. The summed E-state index contributed by atoms with van der Waals surface area (Å²) >= 11 is 0. The average Bonchev–Trinajstić information content (AvgIpc) is 2.17. The van der Waals surface area contributed by atoms with Crippen molar-refractivity contribution in [2.24, 2.45) is 0 Å². The van der Waals surface area contributed by atoms with Gasteiger partial charge in [-0.1, -0.05) is 24.8 Å². The second-order valence-electron chi connectivity index (χ2n) is 2.90. The van der Waals surface area contributed by atoms with Gasteiger partial charge in [0.25, 0.3) is 0 Å². The van der Waals surface area contributed by atoms with Gasteiger partial charge < -0.3 is 0 Å². The van der Waals surface area contributed by atoms with Crippen LogP contribution in [0.25, 0.3) is 5.57 Å². The molecule has 0 amide bonds. The molecule has 0 spiro atoms. The number of aromatic nitrogens is 1. The van der Waals surface area contributed by atoms with Crippen molar-refractivity contribution in [3.8, 4) is 0 Å². The standard InChI is InChI=1S/C11H11N/c1-2-9-5-3-7-11-10(9)6-4-8-12-11/h2,4-6,8H,1,3,7H2. The number of fused-ring (bicyclic) bond motifs is 1. The summed E-state index contributed by atoms with van der Waals surface area (Å²) in [5.41, 5.74) is 3.68. The first kappa shape index (κ1) is 7.29. The van der Waals surface area contributed by atoms with E-state index < -0.39 is 0 Å². The highest BCUT2D eigenvalue weighted by Gasteiger charge is 2.09. The van der Waals surface area contributed by atoms with Crippen LogP contribution >= 0.6 is 0 Å². The van der Waals surface area contributed by atoms with Gasteiger partial charge in [0.05, 0.1) is 0 Å². The second-order valence-corrected chi connectivity index (χ2v) is 2.90. The molecule has 1 heterocycles. The van der Waals surface area contributed by atoms with Crippen LogP contribution in [0.4, 0.5) is 0 Å². The summed E-state index contributed by atoms with van der Waals surface area (Å²) in [6.45, 7) is 3.79. The lowest BCUT2D eigenvalue weighted by molar-refractivity contribution is 0.922. The zero-order valence-corrected chi connectivity index (χ0v) is 6.96. The van der Waals surface area contributed by atoms with Crippen molar-refractivity contribution >= 4 is 5.57 Å². The van der Waals surface area contributed by atoms with E-state index in [2.05, 4.69) is 23.7 Å². The first-order valence-corrected chi connectivity index (χ1v) is 4.18. The van der Waals surface area contributed by atoms with E-state index in [9.17, 15) is 0 Å². The van der Waals surface area contributed by atoms with Gasteiger partial charge in [-0.3, -0.25) is 4.98 Å². The maximum atomic E-state index is 4.33. The summed E-state index contributed by atoms with van der Waals surface area (Å²) in [6, 6.07) is 4.08. The average molecular weight is 157 g/mol. The van der Waals surface area contributed by atoms with Crippen LogP contribution in [-0.2, 0) is 6.42 Å². The van der Waals surface area contributed by atoms with Crippen LogP contribution in [0.5, 0.6) is 0 Å². The highest BCUT2D eigenvalue weighted by molar-refractivity contribution is 5.75. The summed E-state index contributed by atoms with van der Waals surface area (Å²) in [5, 5.41) is 0. The minimum absolute atomic E-state index is 1.06. The number of hydrogen-bond donors (Lipinski definition) is 0. The zero-order chi connectivity index (χ0) is 8.39. The Labute approximate surface area is 72.5 Å². The van der Waals surface area contributed by atoms with Gasteiger partial charge in [-0.05, 0) is 24.5 Å². The Morgan fingerprint density at radius 3 is 3.25 bits per heavy atom. The van der Waals surface area contributed by atoms with Crippen molar-refractivity contribution in [2.75, 3.05) is 0 Å². The first-order chi connectivity index (χ1) is 5.92. The quantitative estimate of drug-likeness (QED) is 0.610. The van der Waals surface area contributed by atoms with Crippen LogP contribution in [0.15, 0.2) is 37.1 Å². The molecule has 1 heteroatoms. The predicted molar refractivity (Wildman–Crippen MR) is 50.7 cm³/mol. The molecule has 0 fully saturated rings. The monoisotopic (exact) mass is 157 g/mol. The summed E-state index contributed by atoms with van der Waals surface area (Å²) in [4.78, 5) is 4.33. The molecule has 60 valence electrons. The highest BCUT2D eigenvalue weighted by Crippen LogP contribution is 2.24. The third-order valence-corrected chi connectivity index (χ3v) is 2.17. The van der Waals surface area contributed by atoms with Crippen LogP contribution in [0, 0.1) is 0 Å². The fourth-order valence-electron chi connectivity index (χ4n) is 1.57. The third-order valence-electron chi connectivity index (χ3n) is 2.17. The molecule has 0 saturated carbocycles. The largest absolute Gasteiger partial charge is 0.261 e. The molecule has 0 saturated heterocycles. The van der Waals surface area contributed by atoms with Gasteiger partial charge >= 0.3 is 0 Å². The fourth-order valence-corrected chi connectivity index (χ4v) is 1.57. The summed E-state index contributed by atoms with van der Waals surface area (Å²) < 4.78 is 0. The van der Waals surface area contributed by atoms with Crippen molar-refractivity contribution in [3.63, 3.8) is 0 Å². The highest BCUT2D eigenvalue weighted by atomic mass is 14.7. The lowest BCUT2D eigenvalue weighted by Gasteiger charge is -2.13. The number of aryl methyl sites for hydroxylation is 1. The van der Waals surface area contributed by atoms with Gasteiger partial charge in [-0.15, -0.1) is 0 Å². The summed E-state index contributed by atoms with van der Waals surface area (Å²) in [6.07, 6.45) is 8.13. The van der Waals surface area contributed by atoms with E-state index in [0.717, 1.165) is 12.8 Å². The molecule has 0 N–H and O–H groups in total. The minimum atomic E-state index is 1.06.